The minimum Gasteiger partial charge on any atom is -0.456 e. The molecule has 1 heterocycles. The number of carbonyl (C=O) groups is 1. The van der Waals surface area contributed by atoms with Gasteiger partial charge in [-0.3, -0.25) is 4.79 Å². The third-order valence-corrected chi connectivity index (χ3v) is 9.45. The van der Waals surface area contributed by atoms with Crippen LogP contribution in [0.2, 0.25) is 18.1 Å². The minimum atomic E-state index is -1.78. The average Bonchev–Trinajstić information content (AvgIpc) is 2.74. The zero-order chi connectivity index (χ0) is 13.6. The van der Waals surface area contributed by atoms with E-state index in [0.29, 0.717) is 6.42 Å². The van der Waals surface area contributed by atoms with Crippen molar-refractivity contribution in [3.8, 4) is 0 Å². The maximum Gasteiger partial charge on any atom is 0.306 e. The third-order valence-electron chi connectivity index (χ3n) is 4.97. The topological polar surface area (TPSA) is 35.5 Å². The molecule has 2 atom stereocenters. The van der Waals surface area contributed by atoms with Crippen molar-refractivity contribution in [1.29, 1.82) is 0 Å². The van der Waals surface area contributed by atoms with Gasteiger partial charge in [-0.05, 0) is 37.4 Å². The highest BCUT2D eigenvalue weighted by atomic mass is 28.4. The maximum atomic E-state index is 11.4. The fraction of sp³-hybridized carbons (Fsp3) is 0.929. The molecule has 0 bridgehead atoms. The van der Waals surface area contributed by atoms with Gasteiger partial charge in [-0.15, -0.1) is 0 Å². The molecule has 2 aliphatic rings. The lowest BCUT2D eigenvalue weighted by Crippen LogP contribution is -2.50. The summed E-state index contributed by atoms with van der Waals surface area (Å²) in [5, 5.41) is 0.208. The molecule has 0 aromatic carbocycles. The number of rotatable bonds is 2. The van der Waals surface area contributed by atoms with Gasteiger partial charge in [0.15, 0.2) is 8.32 Å². The number of esters is 1. The Kier molecular flexibility index (Phi) is 3.39. The number of hydrogen-bond acceptors (Lipinski definition) is 3. The van der Waals surface area contributed by atoms with E-state index in [0.717, 1.165) is 25.7 Å². The Hall–Kier alpha value is -0.353. The van der Waals surface area contributed by atoms with Gasteiger partial charge >= 0.3 is 5.97 Å². The second-order valence-corrected chi connectivity index (χ2v) is 12.1. The van der Waals surface area contributed by atoms with Crippen molar-refractivity contribution in [2.45, 2.75) is 82.7 Å². The molecule has 1 saturated carbocycles. The lowest BCUT2D eigenvalue weighted by Gasteiger charge is -2.42. The van der Waals surface area contributed by atoms with Crippen molar-refractivity contribution in [3.63, 3.8) is 0 Å². The molecule has 1 unspecified atom stereocenters. The van der Waals surface area contributed by atoms with E-state index in [4.69, 9.17) is 9.16 Å². The van der Waals surface area contributed by atoms with Crippen LogP contribution < -0.4 is 0 Å². The predicted molar refractivity (Wildman–Crippen MR) is 74.0 cm³/mol. The van der Waals surface area contributed by atoms with Crippen LogP contribution in [0.1, 0.15) is 52.9 Å². The van der Waals surface area contributed by atoms with Crippen LogP contribution >= 0.6 is 0 Å². The van der Waals surface area contributed by atoms with Gasteiger partial charge in [0.2, 0.25) is 0 Å². The fourth-order valence-electron chi connectivity index (χ4n) is 2.75. The van der Waals surface area contributed by atoms with Crippen LogP contribution in [0.3, 0.4) is 0 Å². The lowest BCUT2D eigenvalue weighted by molar-refractivity contribution is -0.154. The Balaban J connectivity index is 2.12. The van der Waals surface area contributed by atoms with Crippen molar-refractivity contribution in [3.05, 3.63) is 0 Å². The molecule has 1 aliphatic heterocycles. The van der Waals surface area contributed by atoms with Crippen LogP contribution in [0.5, 0.6) is 0 Å². The molecule has 0 N–H and O–H groups in total. The van der Waals surface area contributed by atoms with E-state index in [1.54, 1.807) is 0 Å². The summed E-state index contributed by atoms with van der Waals surface area (Å²) in [6.07, 6.45) is 4.69. The molecule has 104 valence electrons. The molecular formula is C14H26O3Si. The van der Waals surface area contributed by atoms with Crippen molar-refractivity contribution in [1.82, 2.24) is 0 Å². The van der Waals surface area contributed by atoms with Crippen LogP contribution in [0.4, 0.5) is 0 Å². The first-order valence-electron chi connectivity index (χ1n) is 7.06. The van der Waals surface area contributed by atoms with Crippen molar-refractivity contribution in [2.24, 2.45) is 0 Å². The second-order valence-electron chi connectivity index (χ2n) is 7.30. The van der Waals surface area contributed by atoms with E-state index in [-0.39, 0.29) is 22.7 Å². The summed E-state index contributed by atoms with van der Waals surface area (Å²) in [6, 6.07) is 0. The average molecular weight is 270 g/mol. The summed E-state index contributed by atoms with van der Waals surface area (Å²) in [7, 11) is -1.78. The van der Waals surface area contributed by atoms with Gasteiger partial charge in [0.1, 0.15) is 5.60 Å². The predicted octanol–water partition coefficient (Wildman–Crippen LogP) is 3.64. The number of ether oxygens (including phenoxy) is 1. The van der Waals surface area contributed by atoms with E-state index in [9.17, 15) is 4.79 Å². The Morgan fingerprint density at radius 3 is 2.50 bits per heavy atom. The fourth-order valence-corrected chi connectivity index (χ4v) is 4.15. The van der Waals surface area contributed by atoms with Gasteiger partial charge < -0.3 is 9.16 Å². The van der Waals surface area contributed by atoms with Crippen molar-refractivity contribution >= 4 is 14.3 Å². The van der Waals surface area contributed by atoms with Gasteiger partial charge in [-0.1, -0.05) is 20.8 Å². The standard InChI is InChI=1S/C14H26O3Si/c1-13(2,3)18(4,5)17-11-7-6-9-14(11)10-8-12(15)16-14/h11H,6-10H2,1-5H3/t11-,14?/m1/s1. The molecule has 0 aromatic heterocycles. The lowest BCUT2D eigenvalue weighted by atomic mass is 9.96. The molecule has 3 nitrogen and oxygen atoms in total. The van der Waals surface area contributed by atoms with Gasteiger partial charge in [0.25, 0.3) is 0 Å². The smallest absolute Gasteiger partial charge is 0.306 e. The Morgan fingerprint density at radius 2 is 2.00 bits per heavy atom. The first-order valence-corrected chi connectivity index (χ1v) is 9.97. The minimum absolute atomic E-state index is 0.0410. The monoisotopic (exact) mass is 270 g/mol. The molecule has 0 radical (unpaired) electrons. The van der Waals surface area contributed by atoms with Crippen LogP contribution in [0.15, 0.2) is 0 Å². The van der Waals surface area contributed by atoms with Crippen molar-refractivity contribution < 1.29 is 14.0 Å². The van der Waals surface area contributed by atoms with Gasteiger partial charge in [0.05, 0.1) is 6.10 Å². The van der Waals surface area contributed by atoms with Crippen LogP contribution in [-0.4, -0.2) is 26.0 Å². The molecule has 4 heteroatoms. The zero-order valence-corrected chi connectivity index (χ0v) is 13.3. The van der Waals surface area contributed by atoms with E-state index >= 15 is 0 Å². The van der Waals surface area contributed by atoms with E-state index in [2.05, 4.69) is 33.9 Å². The highest BCUT2D eigenvalue weighted by Crippen LogP contribution is 2.47. The summed E-state index contributed by atoms with van der Waals surface area (Å²) < 4.78 is 12.2. The molecule has 0 aromatic rings. The Bertz CT molecular complexity index is 345. The highest BCUT2D eigenvalue weighted by molar-refractivity contribution is 6.74. The molecule has 2 rings (SSSR count). The summed E-state index contributed by atoms with van der Waals surface area (Å²) in [5.74, 6) is -0.0410. The summed E-state index contributed by atoms with van der Waals surface area (Å²) in [4.78, 5) is 11.4. The van der Waals surface area contributed by atoms with E-state index in [1.165, 1.54) is 0 Å². The largest absolute Gasteiger partial charge is 0.456 e. The molecular weight excluding hydrogens is 244 g/mol. The molecule has 2 fully saturated rings. The van der Waals surface area contributed by atoms with E-state index in [1.807, 2.05) is 0 Å². The molecule has 1 spiro atoms. The van der Waals surface area contributed by atoms with Crippen LogP contribution in [0.25, 0.3) is 0 Å². The van der Waals surface area contributed by atoms with Gasteiger partial charge in [-0.2, -0.15) is 0 Å². The summed E-state index contributed by atoms with van der Waals surface area (Å²) in [5.41, 5.74) is -0.285. The Morgan fingerprint density at radius 1 is 1.33 bits per heavy atom. The first kappa shape index (κ1) is 14.1. The zero-order valence-electron chi connectivity index (χ0n) is 12.3. The quantitative estimate of drug-likeness (QED) is 0.568. The summed E-state index contributed by atoms with van der Waals surface area (Å²) >= 11 is 0. The second kappa shape index (κ2) is 4.34. The number of carbonyl (C=O) groups excluding carboxylic acids is 1. The van der Waals surface area contributed by atoms with Crippen LogP contribution in [-0.2, 0) is 14.0 Å². The maximum absolute atomic E-state index is 11.4. The summed E-state index contributed by atoms with van der Waals surface area (Å²) in [6.45, 7) is 11.3. The van der Waals surface area contributed by atoms with Gasteiger partial charge in [0, 0.05) is 12.8 Å². The molecule has 1 saturated heterocycles. The van der Waals surface area contributed by atoms with E-state index < -0.39 is 8.32 Å². The van der Waals surface area contributed by atoms with Gasteiger partial charge in [-0.25, -0.2) is 0 Å². The molecule has 0 amide bonds. The van der Waals surface area contributed by atoms with Crippen molar-refractivity contribution in [2.75, 3.05) is 0 Å². The van der Waals surface area contributed by atoms with Crippen LogP contribution in [0, 0.1) is 0 Å². The molecule has 1 aliphatic carbocycles. The first-order chi connectivity index (χ1) is 8.16. The normalized spacial score (nSPS) is 33.2. The number of hydrogen-bond donors (Lipinski definition) is 0. The Labute approximate surface area is 111 Å². The molecule has 18 heavy (non-hydrogen) atoms. The third kappa shape index (κ3) is 2.37. The highest BCUT2D eigenvalue weighted by Gasteiger charge is 2.53. The SMILES string of the molecule is CC(C)(C)[Si](C)(C)O[C@@H]1CCCC12CCC(=O)O2.